The van der Waals surface area contributed by atoms with Gasteiger partial charge in [-0.15, -0.1) is 0 Å². The van der Waals surface area contributed by atoms with E-state index in [4.69, 9.17) is 12.2 Å². The van der Waals surface area contributed by atoms with Crippen LogP contribution in [0, 0.1) is 6.92 Å². The normalized spacial score (nSPS) is 10.9. The number of hydrogen-bond acceptors (Lipinski definition) is 4. The molecule has 0 saturated carbocycles. The van der Waals surface area contributed by atoms with E-state index in [-0.39, 0.29) is 11.0 Å². The zero-order valence-corrected chi connectivity index (χ0v) is 13.5. The fraction of sp³-hybridized carbons (Fsp3) is 0.286. The Kier molecular flexibility index (Phi) is 5.05. The highest BCUT2D eigenvalue weighted by molar-refractivity contribution is 7.80. The second-order valence-corrected chi connectivity index (χ2v) is 5.08. The van der Waals surface area contributed by atoms with Gasteiger partial charge in [0.15, 0.2) is 5.11 Å². The van der Waals surface area contributed by atoms with Gasteiger partial charge in [0.1, 0.15) is 0 Å². The van der Waals surface area contributed by atoms with E-state index >= 15 is 0 Å². The fourth-order valence-corrected chi connectivity index (χ4v) is 1.95. The molecule has 8 heteroatoms. The molecule has 0 unspecified atom stereocenters. The second kappa shape index (κ2) is 6.99. The molecule has 2 heterocycles. The van der Waals surface area contributed by atoms with Crippen LogP contribution in [0.2, 0.25) is 0 Å². The van der Waals surface area contributed by atoms with Crippen LogP contribution >= 0.6 is 12.2 Å². The standard InChI is InChI=1S/C14H18N6OS/c1-4-20-9-11(7-16-20)5-6-13(21)18-14(22)17-12-8-15-19(3)10(12)2/h5-9H,4H2,1-3H3,(H2,17,18,21,22)/b6-5+. The molecule has 0 aliphatic rings. The Morgan fingerprint density at radius 3 is 2.77 bits per heavy atom. The van der Waals surface area contributed by atoms with Gasteiger partial charge in [-0.25, -0.2) is 0 Å². The molecule has 0 saturated heterocycles. The molecular weight excluding hydrogens is 300 g/mol. The second-order valence-electron chi connectivity index (χ2n) is 4.67. The molecule has 0 fully saturated rings. The lowest BCUT2D eigenvalue weighted by molar-refractivity contribution is -0.115. The summed E-state index contributed by atoms with van der Waals surface area (Å²) in [5.41, 5.74) is 2.55. The largest absolute Gasteiger partial charge is 0.330 e. The number of aryl methyl sites for hydroxylation is 2. The van der Waals surface area contributed by atoms with Crippen molar-refractivity contribution in [2.45, 2.75) is 20.4 Å². The summed E-state index contributed by atoms with van der Waals surface area (Å²) in [7, 11) is 1.83. The molecule has 7 nitrogen and oxygen atoms in total. The molecule has 116 valence electrons. The Bertz CT molecular complexity index is 715. The third-order valence-electron chi connectivity index (χ3n) is 3.12. The summed E-state index contributed by atoms with van der Waals surface area (Å²) in [5.74, 6) is -0.303. The molecule has 0 radical (unpaired) electrons. The molecule has 1 amide bonds. The van der Waals surface area contributed by atoms with Gasteiger partial charge in [0.05, 0.1) is 23.8 Å². The first-order valence-corrected chi connectivity index (χ1v) is 7.21. The lowest BCUT2D eigenvalue weighted by atomic mass is 10.3. The van der Waals surface area contributed by atoms with E-state index in [1.54, 1.807) is 27.8 Å². The van der Waals surface area contributed by atoms with Crippen LogP contribution in [0.3, 0.4) is 0 Å². The van der Waals surface area contributed by atoms with Gasteiger partial charge in [-0.3, -0.25) is 19.5 Å². The van der Waals surface area contributed by atoms with E-state index in [1.807, 2.05) is 27.1 Å². The first kappa shape index (κ1) is 15.9. The highest BCUT2D eigenvalue weighted by Crippen LogP contribution is 2.11. The average molecular weight is 318 g/mol. The van der Waals surface area contributed by atoms with Crippen LogP contribution in [0.15, 0.2) is 24.7 Å². The smallest absolute Gasteiger partial charge is 0.250 e. The topological polar surface area (TPSA) is 76.8 Å². The maximum absolute atomic E-state index is 11.8. The van der Waals surface area contributed by atoms with Crippen molar-refractivity contribution in [1.82, 2.24) is 24.9 Å². The van der Waals surface area contributed by atoms with Crippen molar-refractivity contribution in [2.24, 2.45) is 7.05 Å². The molecule has 0 aromatic carbocycles. The van der Waals surface area contributed by atoms with Crippen molar-refractivity contribution in [1.29, 1.82) is 0 Å². The van der Waals surface area contributed by atoms with Crippen LogP contribution < -0.4 is 10.6 Å². The summed E-state index contributed by atoms with van der Waals surface area (Å²) in [4.78, 5) is 11.8. The van der Waals surface area contributed by atoms with Gasteiger partial charge < -0.3 is 5.32 Å². The van der Waals surface area contributed by atoms with Crippen LogP contribution in [0.25, 0.3) is 6.08 Å². The van der Waals surface area contributed by atoms with Crippen molar-refractivity contribution in [2.75, 3.05) is 5.32 Å². The Hall–Kier alpha value is -2.48. The Morgan fingerprint density at radius 1 is 1.41 bits per heavy atom. The molecule has 0 aliphatic heterocycles. The number of thiocarbonyl (C=S) groups is 1. The molecule has 0 aliphatic carbocycles. The van der Waals surface area contributed by atoms with Crippen LogP contribution in [0.4, 0.5) is 5.69 Å². The van der Waals surface area contributed by atoms with Crippen LogP contribution in [-0.4, -0.2) is 30.6 Å². The van der Waals surface area contributed by atoms with Crippen molar-refractivity contribution in [3.8, 4) is 0 Å². The monoisotopic (exact) mass is 318 g/mol. The van der Waals surface area contributed by atoms with Gasteiger partial charge in [-0.05, 0) is 32.1 Å². The highest BCUT2D eigenvalue weighted by atomic mass is 32.1. The number of rotatable bonds is 4. The maximum atomic E-state index is 11.8. The third kappa shape index (κ3) is 4.01. The lowest BCUT2D eigenvalue weighted by Gasteiger charge is -2.07. The van der Waals surface area contributed by atoms with Gasteiger partial charge >= 0.3 is 0 Å². The van der Waals surface area contributed by atoms with Crippen molar-refractivity contribution < 1.29 is 4.79 Å². The van der Waals surface area contributed by atoms with Gasteiger partial charge in [-0.2, -0.15) is 10.2 Å². The van der Waals surface area contributed by atoms with Gasteiger partial charge in [-0.1, -0.05) is 0 Å². The average Bonchev–Trinajstić information content (AvgIpc) is 3.07. The van der Waals surface area contributed by atoms with E-state index in [0.29, 0.717) is 0 Å². The number of hydrogen-bond donors (Lipinski definition) is 2. The van der Waals surface area contributed by atoms with E-state index < -0.39 is 0 Å². The number of nitrogens with one attached hydrogen (secondary N) is 2. The van der Waals surface area contributed by atoms with Gasteiger partial charge in [0.25, 0.3) is 0 Å². The van der Waals surface area contributed by atoms with E-state index in [2.05, 4.69) is 20.8 Å². The maximum Gasteiger partial charge on any atom is 0.250 e. The Morgan fingerprint density at radius 2 is 2.18 bits per heavy atom. The van der Waals surface area contributed by atoms with E-state index in [9.17, 15) is 4.79 Å². The van der Waals surface area contributed by atoms with Gasteiger partial charge in [0.2, 0.25) is 5.91 Å². The quantitative estimate of drug-likeness (QED) is 0.659. The molecule has 0 atom stereocenters. The zero-order valence-electron chi connectivity index (χ0n) is 12.7. The third-order valence-corrected chi connectivity index (χ3v) is 3.33. The van der Waals surface area contributed by atoms with Crippen LogP contribution in [-0.2, 0) is 18.4 Å². The summed E-state index contributed by atoms with van der Waals surface area (Å²) in [5, 5.41) is 14.0. The number of carbonyl (C=O) groups is 1. The van der Waals surface area contributed by atoms with E-state index in [1.165, 1.54) is 6.08 Å². The molecule has 2 rings (SSSR count). The summed E-state index contributed by atoms with van der Waals surface area (Å²) in [6.07, 6.45) is 8.32. The molecule has 2 aromatic rings. The first-order chi connectivity index (χ1) is 10.5. The zero-order chi connectivity index (χ0) is 16.1. The number of amides is 1. The minimum Gasteiger partial charge on any atom is -0.330 e. The Labute approximate surface area is 134 Å². The van der Waals surface area contributed by atoms with E-state index in [0.717, 1.165) is 23.5 Å². The van der Waals surface area contributed by atoms with Crippen molar-refractivity contribution in [3.63, 3.8) is 0 Å². The van der Waals surface area contributed by atoms with Crippen LogP contribution in [0.1, 0.15) is 18.2 Å². The minimum atomic E-state index is -0.303. The predicted octanol–water partition coefficient (Wildman–Crippen LogP) is 1.47. The number of aromatic nitrogens is 4. The molecule has 0 bridgehead atoms. The van der Waals surface area contributed by atoms with Crippen LogP contribution in [0.5, 0.6) is 0 Å². The first-order valence-electron chi connectivity index (χ1n) is 6.80. The summed E-state index contributed by atoms with van der Waals surface area (Å²) < 4.78 is 3.51. The summed E-state index contributed by atoms with van der Waals surface area (Å²) in [6.45, 7) is 4.70. The number of nitrogens with zero attached hydrogens (tertiary/aromatic N) is 4. The molecule has 2 N–H and O–H groups in total. The summed E-state index contributed by atoms with van der Waals surface area (Å²) >= 11 is 5.10. The molecular formula is C14H18N6OS. The number of carbonyl (C=O) groups excluding carboxylic acids is 1. The SMILES string of the molecule is CCn1cc(/C=C/C(=O)NC(=S)Nc2cnn(C)c2C)cn1. The molecule has 0 spiro atoms. The number of anilines is 1. The fourth-order valence-electron chi connectivity index (χ4n) is 1.74. The highest BCUT2D eigenvalue weighted by Gasteiger charge is 2.06. The predicted molar refractivity (Wildman–Crippen MR) is 89.2 cm³/mol. The summed E-state index contributed by atoms with van der Waals surface area (Å²) in [6, 6.07) is 0. The van der Waals surface area contributed by atoms with Gasteiger partial charge in [0, 0.05) is 31.4 Å². The lowest BCUT2D eigenvalue weighted by Crippen LogP contribution is -2.32. The van der Waals surface area contributed by atoms with Crippen molar-refractivity contribution >= 4 is 35.0 Å². The Balaban J connectivity index is 1.88. The minimum absolute atomic E-state index is 0.231. The molecule has 2 aromatic heterocycles. The van der Waals surface area contributed by atoms with Crippen molar-refractivity contribution in [3.05, 3.63) is 35.9 Å². The molecule has 22 heavy (non-hydrogen) atoms.